The van der Waals surface area contributed by atoms with Crippen molar-refractivity contribution in [3.8, 4) is 0 Å². The molecular weight excluding hydrogens is 239 g/mol. The topological polar surface area (TPSA) is 36.3 Å². The second-order valence-corrected chi connectivity index (χ2v) is 6.16. The smallest absolute Gasteiger partial charge is 0.399 e. The van der Waals surface area contributed by atoms with E-state index in [0.29, 0.717) is 0 Å². The van der Waals surface area contributed by atoms with Crippen molar-refractivity contribution < 1.29 is 9.31 Å². The van der Waals surface area contributed by atoms with Crippen molar-refractivity contribution >= 4 is 23.6 Å². The van der Waals surface area contributed by atoms with Gasteiger partial charge in [-0.2, -0.15) is 0 Å². The molecule has 2 heterocycles. The maximum Gasteiger partial charge on any atom is 0.497 e. The van der Waals surface area contributed by atoms with E-state index in [1.165, 1.54) is 0 Å². The third kappa shape index (κ3) is 1.80. The zero-order valence-electron chi connectivity index (χ0n) is 12.1. The summed E-state index contributed by atoms with van der Waals surface area (Å²) in [5, 5.41) is 0. The Labute approximate surface area is 113 Å². The van der Waals surface area contributed by atoms with Gasteiger partial charge in [-0.1, -0.05) is 12.1 Å². The Morgan fingerprint density at radius 1 is 1.11 bits per heavy atom. The Morgan fingerprint density at radius 3 is 2.37 bits per heavy atom. The van der Waals surface area contributed by atoms with Gasteiger partial charge < -0.3 is 13.9 Å². The molecule has 4 nitrogen and oxygen atoms in total. The number of hydrogen-bond acceptors (Lipinski definition) is 3. The van der Waals surface area contributed by atoms with E-state index in [0.717, 1.165) is 16.5 Å². The lowest BCUT2D eigenvalue weighted by molar-refractivity contribution is 0.00578. The molecule has 0 spiro atoms. The number of imidazole rings is 1. The molecule has 0 bridgehead atoms. The molecule has 3 rings (SSSR count). The molecule has 1 saturated heterocycles. The molecule has 2 aromatic rings. The van der Waals surface area contributed by atoms with Gasteiger partial charge in [-0.15, -0.1) is 0 Å². The minimum atomic E-state index is -0.343. The van der Waals surface area contributed by atoms with Crippen LogP contribution in [0.3, 0.4) is 0 Å². The number of benzene rings is 1. The summed E-state index contributed by atoms with van der Waals surface area (Å²) >= 11 is 0. The molecule has 1 aliphatic heterocycles. The fourth-order valence-corrected chi connectivity index (χ4v) is 2.40. The lowest BCUT2D eigenvalue weighted by atomic mass is 9.78. The largest absolute Gasteiger partial charge is 0.497 e. The normalized spacial score (nSPS) is 21.2. The predicted molar refractivity (Wildman–Crippen MR) is 76.4 cm³/mol. The van der Waals surface area contributed by atoms with Gasteiger partial charge in [0, 0.05) is 12.5 Å². The highest BCUT2D eigenvalue weighted by molar-refractivity contribution is 6.64. The molecule has 100 valence electrons. The van der Waals surface area contributed by atoms with Crippen molar-refractivity contribution in [3.63, 3.8) is 0 Å². The zero-order chi connectivity index (χ0) is 13.8. The maximum atomic E-state index is 6.12. The van der Waals surface area contributed by atoms with Crippen molar-refractivity contribution in [1.29, 1.82) is 0 Å². The van der Waals surface area contributed by atoms with Gasteiger partial charge in [0.2, 0.25) is 0 Å². The molecule has 0 aliphatic carbocycles. The highest BCUT2D eigenvalue weighted by atomic mass is 16.7. The Bertz CT molecular complexity index is 617. The van der Waals surface area contributed by atoms with E-state index < -0.39 is 0 Å². The molecule has 1 aliphatic rings. The van der Waals surface area contributed by atoms with Crippen molar-refractivity contribution in [2.45, 2.75) is 38.9 Å². The summed E-state index contributed by atoms with van der Waals surface area (Å²) in [5.41, 5.74) is 2.43. The highest BCUT2D eigenvalue weighted by Gasteiger charge is 2.52. The standard InChI is InChI=1S/C14H19BN2O2/c1-13(2)14(3,4)19-15(18-13)10-7-6-8-11-12(10)17(5)9-16-11/h6-9H,1-5H3. The van der Waals surface area contributed by atoms with Crippen LogP contribution in [0.2, 0.25) is 0 Å². The second-order valence-electron chi connectivity index (χ2n) is 6.16. The minimum Gasteiger partial charge on any atom is -0.399 e. The van der Waals surface area contributed by atoms with Crippen LogP contribution in [0.1, 0.15) is 27.7 Å². The van der Waals surface area contributed by atoms with Gasteiger partial charge in [-0.05, 0) is 33.8 Å². The van der Waals surface area contributed by atoms with Crippen LogP contribution in [0.5, 0.6) is 0 Å². The van der Waals surface area contributed by atoms with Gasteiger partial charge in [0.15, 0.2) is 0 Å². The van der Waals surface area contributed by atoms with Crippen molar-refractivity contribution in [1.82, 2.24) is 9.55 Å². The summed E-state index contributed by atoms with van der Waals surface area (Å²) < 4.78 is 14.2. The Hall–Kier alpha value is -1.33. The second kappa shape index (κ2) is 3.84. The number of hydrogen-bond donors (Lipinski definition) is 0. The van der Waals surface area contributed by atoms with Crippen LogP contribution in [-0.4, -0.2) is 27.9 Å². The van der Waals surface area contributed by atoms with Gasteiger partial charge in [0.25, 0.3) is 0 Å². The van der Waals surface area contributed by atoms with Gasteiger partial charge in [-0.3, -0.25) is 0 Å². The molecule has 0 N–H and O–H groups in total. The molecular formula is C14H19BN2O2. The van der Waals surface area contributed by atoms with Crippen LogP contribution < -0.4 is 5.46 Å². The van der Waals surface area contributed by atoms with E-state index in [4.69, 9.17) is 9.31 Å². The summed E-state index contributed by atoms with van der Waals surface area (Å²) in [7, 11) is 1.65. The third-order valence-corrected chi connectivity index (χ3v) is 4.28. The number of rotatable bonds is 1. The minimum absolute atomic E-state index is 0.321. The average Bonchev–Trinajstić information content (AvgIpc) is 2.78. The predicted octanol–water partition coefficient (Wildman–Crippen LogP) is 1.87. The van der Waals surface area contributed by atoms with E-state index in [1.54, 1.807) is 0 Å². The summed E-state index contributed by atoms with van der Waals surface area (Å²) in [6, 6.07) is 6.05. The first-order valence-corrected chi connectivity index (χ1v) is 6.57. The Kier molecular flexibility index (Phi) is 2.56. The summed E-state index contributed by atoms with van der Waals surface area (Å²) in [4.78, 5) is 4.37. The van der Waals surface area contributed by atoms with Gasteiger partial charge in [-0.25, -0.2) is 4.98 Å². The van der Waals surface area contributed by atoms with Crippen LogP contribution in [0.4, 0.5) is 0 Å². The average molecular weight is 258 g/mol. The van der Waals surface area contributed by atoms with Crippen LogP contribution in [0.15, 0.2) is 24.5 Å². The Morgan fingerprint density at radius 2 is 1.74 bits per heavy atom. The van der Waals surface area contributed by atoms with Crippen molar-refractivity contribution in [2.24, 2.45) is 7.05 Å². The first-order valence-electron chi connectivity index (χ1n) is 6.57. The fourth-order valence-electron chi connectivity index (χ4n) is 2.40. The summed E-state index contributed by atoms with van der Waals surface area (Å²) in [6.07, 6.45) is 1.82. The maximum absolute atomic E-state index is 6.12. The first-order chi connectivity index (χ1) is 8.82. The molecule has 1 aromatic carbocycles. The van der Waals surface area contributed by atoms with Gasteiger partial charge in [0.1, 0.15) is 0 Å². The van der Waals surface area contributed by atoms with Crippen LogP contribution in [-0.2, 0) is 16.4 Å². The van der Waals surface area contributed by atoms with Crippen LogP contribution in [0.25, 0.3) is 11.0 Å². The first kappa shape index (κ1) is 12.7. The van der Waals surface area contributed by atoms with Crippen molar-refractivity contribution in [3.05, 3.63) is 24.5 Å². The molecule has 5 heteroatoms. The lowest BCUT2D eigenvalue weighted by Crippen LogP contribution is -2.41. The van der Waals surface area contributed by atoms with Crippen LogP contribution in [0, 0.1) is 0 Å². The highest BCUT2D eigenvalue weighted by Crippen LogP contribution is 2.36. The number of nitrogens with zero attached hydrogens (tertiary/aromatic N) is 2. The van der Waals surface area contributed by atoms with Gasteiger partial charge in [0.05, 0.1) is 28.6 Å². The molecule has 0 unspecified atom stereocenters. The van der Waals surface area contributed by atoms with E-state index >= 15 is 0 Å². The number of aryl methyl sites for hydroxylation is 1. The summed E-state index contributed by atoms with van der Waals surface area (Å²) in [6.45, 7) is 8.26. The van der Waals surface area contributed by atoms with Crippen molar-refractivity contribution in [2.75, 3.05) is 0 Å². The third-order valence-electron chi connectivity index (χ3n) is 4.28. The molecule has 1 fully saturated rings. The number of aromatic nitrogens is 2. The van der Waals surface area contributed by atoms with E-state index in [2.05, 4.69) is 32.7 Å². The SMILES string of the molecule is Cn1cnc2cccc(B3OC(C)(C)C(C)(C)O3)c21. The number of para-hydroxylation sites is 1. The molecule has 0 atom stereocenters. The summed E-state index contributed by atoms with van der Waals surface area (Å²) in [5.74, 6) is 0. The quantitative estimate of drug-likeness (QED) is 0.733. The molecule has 19 heavy (non-hydrogen) atoms. The van der Waals surface area contributed by atoms with E-state index in [-0.39, 0.29) is 18.3 Å². The van der Waals surface area contributed by atoms with E-state index in [1.807, 2.05) is 36.1 Å². The van der Waals surface area contributed by atoms with Gasteiger partial charge >= 0.3 is 7.12 Å². The molecule has 0 radical (unpaired) electrons. The molecule has 0 amide bonds. The lowest BCUT2D eigenvalue weighted by Gasteiger charge is -2.32. The zero-order valence-corrected chi connectivity index (χ0v) is 12.1. The molecule has 0 saturated carbocycles. The monoisotopic (exact) mass is 258 g/mol. The Balaban J connectivity index is 2.10. The van der Waals surface area contributed by atoms with Crippen LogP contribution >= 0.6 is 0 Å². The fraction of sp³-hybridized carbons (Fsp3) is 0.500. The van der Waals surface area contributed by atoms with E-state index in [9.17, 15) is 0 Å². The number of fused-ring (bicyclic) bond motifs is 1. The molecule has 1 aromatic heterocycles.